The van der Waals surface area contributed by atoms with E-state index in [1.54, 1.807) is 0 Å². The average Bonchev–Trinajstić information content (AvgIpc) is 2.74. The lowest BCUT2D eigenvalue weighted by molar-refractivity contribution is -0.133. The molecule has 0 radical (unpaired) electrons. The number of carbonyl (C=O) groups is 2. The smallest absolute Gasteiger partial charge is 0.251 e. The number of likely N-dealkylation sites (tertiary alicyclic amines) is 2. The van der Waals surface area contributed by atoms with Crippen LogP contribution >= 0.6 is 0 Å². The molecule has 2 fully saturated rings. The van der Waals surface area contributed by atoms with Gasteiger partial charge in [-0.05, 0) is 76.8 Å². The van der Waals surface area contributed by atoms with Gasteiger partial charge in [0.1, 0.15) is 0 Å². The van der Waals surface area contributed by atoms with E-state index < -0.39 is 0 Å². The molecule has 0 atom stereocenters. The zero-order chi connectivity index (χ0) is 19.8. The minimum atomic E-state index is -0.0217. The summed E-state index contributed by atoms with van der Waals surface area (Å²) in [5.74, 6) is 1.01. The van der Waals surface area contributed by atoms with Gasteiger partial charge >= 0.3 is 0 Å². The highest BCUT2D eigenvalue weighted by molar-refractivity contribution is 5.94. The number of hydrogen-bond donors (Lipinski definition) is 2. The molecule has 1 aromatic rings. The van der Waals surface area contributed by atoms with Crippen LogP contribution in [0.15, 0.2) is 30.3 Å². The van der Waals surface area contributed by atoms with Gasteiger partial charge in [0.15, 0.2) is 0 Å². The molecular formula is C22H34N4O2. The van der Waals surface area contributed by atoms with E-state index in [-0.39, 0.29) is 17.9 Å². The van der Waals surface area contributed by atoms with E-state index in [9.17, 15) is 9.59 Å². The van der Waals surface area contributed by atoms with Crippen LogP contribution in [0.2, 0.25) is 0 Å². The molecule has 0 saturated carbocycles. The second kappa shape index (κ2) is 10.6. The summed E-state index contributed by atoms with van der Waals surface area (Å²) in [5.41, 5.74) is 0.694. The van der Waals surface area contributed by atoms with E-state index in [0.717, 1.165) is 51.5 Å². The summed E-state index contributed by atoms with van der Waals surface area (Å²) in [5, 5.41) is 6.33. The van der Waals surface area contributed by atoms with Gasteiger partial charge in [0.25, 0.3) is 5.91 Å². The number of hydrogen-bond acceptors (Lipinski definition) is 4. The Bertz CT molecular complexity index is 621. The van der Waals surface area contributed by atoms with Gasteiger partial charge in [0, 0.05) is 24.7 Å². The molecule has 0 aromatic heterocycles. The molecule has 1 aromatic carbocycles. The molecular weight excluding hydrogens is 352 g/mol. The van der Waals surface area contributed by atoms with Gasteiger partial charge in [-0.2, -0.15) is 0 Å². The van der Waals surface area contributed by atoms with Crippen molar-refractivity contribution in [2.45, 2.75) is 38.1 Å². The Labute approximate surface area is 168 Å². The predicted octanol–water partition coefficient (Wildman–Crippen LogP) is 1.73. The molecule has 2 saturated heterocycles. The molecule has 2 aliphatic heterocycles. The third kappa shape index (κ3) is 6.04. The van der Waals surface area contributed by atoms with E-state index in [1.807, 2.05) is 42.3 Å². The molecule has 3 rings (SSSR count). The highest BCUT2D eigenvalue weighted by Crippen LogP contribution is 2.20. The zero-order valence-electron chi connectivity index (χ0n) is 17.0. The Morgan fingerprint density at radius 3 is 2.32 bits per heavy atom. The number of nitrogens with zero attached hydrogens (tertiary/aromatic N) is 2. The predicted molar refractivity (Wildman–Crippen MR) is 111 cm³/mol. The number of nitrogens with one attached hydrogen (secondary N) is 2. The second-order valence-electron chi connectivity index (χ2n) is 8.11. The number of piperidine rings is 2. The summed E-state index contributed by atoms with van der Waals surface area (Å²) in [7, 11) is 2.00. The van der Waals surface area contributed by atoms with Crippen LogP contribution in [0.4, 0.5) is 0 Å². The first-order chi connectivity index (χ1) is 13.7. The maximum atomic E-state index is 12.7. The van der Waals surface area contributed by atoms with E-state index in [4.69, 9.17) is 0 Å². The number of carbonyl (C=O) groups excluding carboxylic acids is 2. The molecule has 2 N–H and O–H groups in total. The number of rotatable bonds is 7. The molecule has 28 heavy (non-hydrogen) atoms. The van der Waals surface area contributed by atoms with E-state index >= 15 is 0 Å². The molecule has 0 bridgehead atoms. The molecule has 0 spiro atoms. The van der Waals surface area contributed by atoms with Crippen LogP contribution in [0.25, 0.3) is 0 Å². The third-order valence-electron chi connectivity index (χ3n) is 6.09. The number of amides is 2. The summed E-state index contributed by atoms with van der Waals surface area (Å²) in [4.78, 5) is 29.2. The van der Waals surface area contributed by atoms with Crippen LogP contribution in [0.5, 0.6) is 0 Å². The standard InChI is InChI=1S/C22H34N4O2/c1-23-12-7-18-8-13-25(14-9-18)17-21(27)26-15-10-20(11-16-26)24-22(28)19-5-3-2-4-6-19/h2-6,18,20,23H,7-17H2,1H3,(H,24,28). The summed E-state index contributed by atoms with van der Waals surface area (Å²) in [6.45, 7) is 5.15. The van der Waals surface area contributed by atoms with Crippen molar-refractivity contribution in [3.8, 4) is 0 Å². The van der Waals surface area contributed by atoms with E-state index in [1.165, 1.54) is 19.3 Å². The van der Waals surface area contributed by atoms with Crippen molar-refractivity contribution in [3.63, 3.8) is 0 Å². The first-order valence-electron chi connectivity index (χ1n) is 10.7. The van der Waals surface area contributed by atoms with Crippen molar-refractivity contribution in [3.05, 3.63) is 35.9 Å². The lowest BCUT2D eigenvalue weighted by Crippen LogP contribution is -2.49. The van der Waals surface area contributed by atoms with E-state index in [0.29, 0.717) is 12.1 Å². The van der Waals surface area contributed by atoms with Gasteiger partial charge in [-0.3, -0.25) is 14.5 Å². The molecule has 2 aliphatic rings. The van der Waals surface area contributed by atoms with Crippen molar-refractivity contribution < 1.29 is 9.59 Å². The highest BCUT2D eigenvalue weighted by Gasteiger charge is 2.26. The molecule has 154 valence electrons. The van der Waals surface area contributed by atoms with Gasteiger partial charge in [-0.25, -0.2) is 0 Å². The lowest BCUT2D eigenvalue weighted by atomic mass is 9.93. The second-order valence-corrected chi connectivity index (χ2v) is 8.11. The first kappa shape index (κ1) is 20.8. The minimum absolute atomic E-state index is 0.0217. The summed E-state index contributed by atoms with van der Waals surface area (Å²) >= 11 is 0. The summed E-state index contributed by atoms with van der Waals surface area (Å²) in [6, 6.07) is 9.47. The van der Waals surface area contributed by atoms with Gasteiger partial charge in [-0.1, -0.05) is 18.2 Å². The van der Waals surface area contributed by atoms with Crippen LogP contribution in [0.1, 0.15) is 42.5 Å². The van der Waals surface area contributed by atoms with Crippen molar-refractivity contribution in [2.75, 3.05) is 46.3 Å². The van der Waals surface area contributed by atoms with Gasteiger partial charge in [-0.15, -0.1) is 0 Å². The lowest BCUT2D eigenvalue weighted by Gasteiger charge is -2.36. The topological polar surface area (TPSA) is 64.7 Å². The zero-order valence-corrected chi connectivity index (χ0v) is 17.0. The highest BCUT2D eigenvalue weighted by atomic mass is 16.2. The fourth-order valence-corrected chi connectivity index (χ4v) is 4.20. The minimum Gasteiger partial charge on any atom is -0.349 e. The van der Waals surface area contributed by atoms with Gasteiger partial charge in [0.05, 0.1) is 6.54 Å². The van der Waals surface area contributed by atoms with Crippen LogP contribution in [0.3, 0.4) is 0 Å². The fourth-order valence-electron chi connectivity index (χ4n) is 4.20. The van der Waals surface area contributed by atoms with Crippen molar-refractivity contribution in [1.82, 2.24) is 20.4 Å². The molecule has 0 unspecified atom stereocenters. The summed E-state index contributed by atoms with van der Waals surface area (Å²) in [6.07, 6.45) is 5.29. The molecule has 2 heterocycles. The van der Waals surface area contributed by atoms with Gasteiger partial charge < -0.3 is 15.5 Å². The quantitative estimate of drug-likeness (QED) is 0.749. The monoisotopic (exact) mass is 386 g/mol. The Morgan fingerprint density at radius 2 is 1.68 bits per heavy atom. The first-order valence-corrected chi connectivity index (χ1v) is 10.7. The Balaban J connectivity index is 1.35. The van der Waals surface area contributed by atoms with Crippen molar-refractivity contribution >= 4 is 11.8 Å². The SMILES string of the molecule is CNCCC1CCN(CC(=O)N2CCC(NC(=O)c3ccccc3)CC2)CC1. The maximum Gasteiger partial charge on any atom is 0.251 e. The Hall–Kier alpha value is -1.92. The summed E-state index contributed by atoms with van der Waals surface area (Å²) < 4.78 is 0. The van der Waals surface area contributed by atoms with Crippen molar-refractivity contribution in [2.24, 2.45) is 5.92 Å². The fraction of sp³-hybridized carbons (Fsp3) is 0.636. The van der Waals surface area contributed by atoms with Crippen LogP contribution in [-0.4, -0.2) is 74.0 Å². The largest absolute Gasteiger partial charge is 0.349 e. The van der Waals surface area contributed by atoms with E-state index in [2.05, 4.69) is 15.5 Å². The molecule has 2 amide bonds. The Kier molecular flexibility index (Phi) is 7.86. The van der Waals surface area contributed by atoms with Crippen LogP contribution in [-0.2, 0) is 4.79 Å². The molecule has 0 aliphatic carbocycles. The van der Waals surface area contributed by atoms with Crippen molar-refractivity contribution in [1.29, 1.82) is 0 Å². The van der Waals surface area contributed by atoms with Gasteiger partial charge in [0.2, 0.25) is 5.91 Å². The van der Waals surface area contributed by atoms with Crippen LogP contribution < -0.4 is 10.6 Å². The molecule has 6 nitrogen and oxygen atoms in total. The average molecular weight is 387 g/mol. The third-order valence-corrected chi connectivity index (χ3v) is 6.09. The van der Waals surface area contributed by atoms with Crippen LogP contribution in [0, 0.1) is 5.92 Å². The maximum absolute atomic E-state index is 12.7. The normalized spacial score (nSPS) is 19.5. The Morgan fingerprint density at radius 1 is 1.00 bits per heavy atom. The number of benzene rings is 1. The molecule has 6 heteroatoms.